The highest BCUT2D eigenvalue weighted by atomic mass is 35.5. The van der Waals surface area contributed by atoms with Crippen molar-refractivity contribution in [3.8, 4) is 0 Å². The molecule has 4 aromatic rings. The normalized spacial score (nSPS) is 12.0. The number of hydrogen-bond donors (Lipinski definition) is 1. The van der Waals surface area contributed by atoms with Crippen LogP contribution in [0, 0.1) is 19.8 Å². The SMILES string of the molecule is Cc1ccc(C)c(N(CC(=O)N(Cc2ccccc2Cl)[C@@H](Cc2ccccc2)C(=O)NCC(C)C)S(=O)(=O)c2ccccc2)c1. The number of aryl methyl sites for hydroxylation is 2. The molecule has 0 aliphatic rings. The van der Waals surface area contributed by atoms with E-state index in [-0.39, 0.29) is 29.7 Å². The fourth-order valence-electron chi connectivity index (χ4n) is 5.01. The zero-order valence-electron chi connectivity index (χ0n) is 26.1. The molecular formula is C36H40ClN3O4S. The summed E-state index contributed by atoms with van der Waals surface area (Å²) < 4.78 is 29.5. The zero-order chi connectivity index (χ0) is 32.6. The molecule has 0 aromatic heterocycles. The monoisotopic (exact) mass is 645 g/mol. The van der Waals surface area contributed by atoms with Crippen molar-refractivity contribution in [1.29, 1.82) is 0 Å². The molecule has 0 unspecified atom stereocenters. The number of anilines is 1. The van der Waals surface area contributed by atoms with Crippen LogP contribution in [0.2, 0.25) is 5.02 Å². The van der Waals surface area contributed by atoms with E-state index in [0.717, 1.165) is 15.4 Å². The second-order valence-corrected chi connectivity index (χ2v) is 13.8. The number of amides is 2. The van der Waals surface area contributed by atoms with Crippen LogP contribution in [0.3, 0.4) is 0 Å². The quantitative estimate of drug-likeness (QED) is 0.178. The maximum absolute atomic E-state index is 14.6. The van der Waals surface area contributed by atoms with Crippen molar-refractivity contribution < 1.29 is 18.0 Å². The first-order valence-electron chi connectivity index (χ1n) is 15.0. The average Bonchev–Trinajstić information content (AvgIpc) is 3.03. The van der Waals surface area contributed by atoms with Crippen molar-refractivity contribution in [2.45, 2.75) is 51.6 Å². The lowest BCUT2D eigenvalue weighted by Crippen LogP contribution is -2.53. The van der Waals surface area contributed by atoms with E-state index in [1.165, 1.54) is 17.0 Å². The Morgan fingerprint density at radius 1 is 0.844 bits per heavy atom. The summed E-state index contributed by atoms with van der Waals surface area (Å²) in [7, 11) is -4.17. The van der Waals surface area contributed by atoms with Crippen LogP contribution in [0.25, 0.3) is 0 Å². The predicted octanol–water partition coefficient (Wildman–Crippen LogP) is 6.56. The highest BCUT2D eigenvalue weighted by molar-refractivity contribution is 7.92. The number of carbonyl (C=O) groups is 2. The summed E-state index contributed by atoms with van der Waals surface area (Å²) in [6.07, 6.45) is 0.232. The van der Waals surface area contributed by atoms with E-state index in [4.69, 9.17) is 11.6 Å². The Hall–Kier alpha value is -4.14. The molecule has 1 atom stereocenters. The van der Waals surface area contributed by atoms with Crippen molar-refractivity contribution in [3.63, 3.8) is 0 Å². The molecule has 0 spiro atoms. The molecule has 0 saturated heterocycles. The van der Waals surface area contributed by atoms with Crippen LogP contribution in [0.4, 0.5) is 5.69 Å². The van der Waals surface area contributed by atoms with E-state index < -0.39 is 28.5 Å². The summed E-state index contributed by atoms with van der Waals surface area (Å²) in [6.45, 7) is 7.59. The lowest BCUT2D eigenvalue weighted by molar-refractivity contribution is -0.140. The van der Waals surface area contributed by atoms with Gasteiger partial charge in [0, 0.05) is 24.5 Å². The molecule has 0 heterocycles. The molecule has 7 nitrogen and oxygen atoms in total. The summed E-state index contributed by atoms with van der Waals surface area (Å²) in [5, 5.41) is 3.44. The molecule has 0 fully saturated rings. The molecule has 236 valence electrons. The molecule has 2 amide bonds. The Morgan fingerprint density at radius 2 is 1.47 bits per heavy atom. The van der Waals surface area contributed by atoms with Crippen molar-refractivity contribution in [2.24, 2.45) is 5.92 Å². The molecular weight excluding hydrogens is 606 g/mol. The largest absolute Gasteiger partial charge is 0.354 e. The first kappa shape index (κ1) is 33.7. The van der Waals surface area contributed by atoms with Gasteiger partial charge in [-0.25, -0.2) is 8.42 Å². The summed E-state index contributed by atoms with van der Waals surface area (Å²) in [5.41, 5.74) is 3.45. The van der Waals surface area contributed by atoms with Gasteiger partial charge in [-0.3, -0.25) is 13.9 Å². The van der Waals surface area contributed by atoms with Gasteiger partial charge in [-0.1, -0.05) is 104 Å². The fourth-order valence-corrected chi connectivity index (χ4v) is 6.69. The number of halogens is 1. The van der Waals surface area contributed by atoms with E-state index in [2.05, 4.69) is 5.32 Å². The van der Waals surface area contributed by atoms with Crippen LogP contribution >= 0.6 is 11.6 Å². The average molecular weight is 646 g/mol. The Bertz CT molecular complexity index is 1710. The zero-order valence-corrected chi connectivity index (χ0v) is 27.7. The molecule has 1 N–H and O–H groups in total. The minimum absolute atomic E-state index is 0.0110. The van der Waals surface area contributed by atoms with Crippen molar-refractivity contribution in [3.05, 3.63) is 130 Å². The van der Waals surface area contributed by atoms with Crippen molar-refractivity contribution in [2.75, 3.05) is 17.4 Å². The molecule has 45 heavy (non-hydrogen) atoms. The summed E-state index contributed by atoms with van der Waals surface area (Å²) in [4.78, 5) is 30.0. The maximum atomic E-state index is 14.6. The van der Waals surface area contributed by atoms with Gasteiger partial charge in [-0.15, -0.1) is 0 Å². The minimum Gasteiger partial charge on any atom is -0.354 e. The number of benzene rings is 4. The number of carbonyl (C=O) groups excluding carboxylic acids is 2. The van der Waals surface area contributed by atoms with Crippen LogP contribution < -0.4 is 9.62 Å². The van der Waals surface area contributed by atoms with Gasteiger partial charge in [-0.05, 0) is 66.3 Å². The van der Waals surface area contributed by atoms with Crippen LogP contribution in [-0.4, -0.2) is 44.3 Å². The Labute approximate surface area is 271 Å². The number of rotatable bonds is 13. The third-order valence-corrected chi connectivity index (χ3v) is 9.64. The highest BCUT2D eigenvalue weighted by Crippen LogP contribution is 2.29. The smallest absolute Gasteiger partial charge is 0.264 e. The lowest BCUT2D eigenvalue weighted by atomic mass is 10.0. The maximum Gasteiger partial charge on any atom is 0.264 e. The molecule has 0 bridgehead atoms. The van der Waals surface area contributed by atoms with Gasteiger partial charge in [0.25, 0.3) is 10.0 Å². The molecule has 0 saturated carbocycles. The van der Waals surface area contributed by atoms with Gasteiger partial charge in [0.1, 0.15) is 12.6 Å². The molecule has 0 aliphatic heterocycles. The summed E-state index contributed by atoms with van der Waals surface area (Å²) >= 11 is 6.57. The summed E-state index contributed by atoms with van der Waals surface area (Å²) in [6, 6.07) is 29.2. The Morgan fingerprint density at radius 3 is 2.11 bits per heavy atom. The second-order valence-electron chi connectivity index (χ2n) is 11.6. The van der Waals surface area contributed by atoms with Gasteiger partial charge in [0.05, 0.1) is 10.6 Å². The highest BCUT2D eigenvalue weighted by Gasteiger charge is 2.35. The molecule has 0 aliphatic carbocycles. The van der Waals surface area contributed by atoms with Crippen LogP contribution in [0.1, 0.15) is 36.1 Å². The van der Waals surface area contributed by atoms with Crippen LogP contribution in [0.15, 0.2) is 108 Å². The van der Waals surface area contributed by atoms with E-state index in [1.807, 2.05) is 76.2 Å². The second kappa shape index (κ2) is 15.2. The number of nitrogens with zero attached hydrogens (tertiary/aromatic N) is 2. The van der Waals surface area contributed by atoms with E-state index in [0.29, 0.717) is 28.4 Å². The van der Waals surface area contributed by atoms with Crippen molar-refractivity contribution >= 4 is 39.1 Å². The van der Waals surface area contributed by atoms with Gasteiger partial charge in [-0.2, -0.15) is 0 Å². The standard InChI is InChI=1S/C36H40ClN3O4S/c1-26(2)23-38-36(42)34(22-29-13-7-5-8-14-29)39(24-30-15-11-12-18-32(30)37)35(41)25-40(33-21-27(3)19-20-28(33)4)45(43,44)31-16-9-6-10-17-31/h5-21,26,34H,22-25H2,1-4H3,(H,38,42)/t34-/m0/s1. The molecule has 0 radical (unpaired) electrons. The third kappa shape index (κ3) is 8.74. The summed E-state index contributed by atoms with van der Waals surface area (Å²) in [5.74, 6) is -0.664. The fraction of sp³-hybridized carbons (Fsp3) is 0.278. The number of nitrogens with one attached hydrogen (secondary N) is 1. The van der Waals surface area contributed by atoms with E-state index in [1.54, 1.807) is 42.5 Å². The van der Waals surface area contributed by atoms with E-state index in [9.17, 15) is 18.0 Å². The van der Waals surface area contributed by atoms with Gasteiger partial charge in [0.15, 0.2) is 0 Å². The lowest BCUT2D eigenvalue weighted by Gasteiger charge is -2.34. The number of sulfonamides is 1. The van der Waals surface area contributed by atoms with E-state index >= 15 is 0 Å². The van der Waals surface area contributed by atoms with Gasteiger partial charge >= 0.3 is 0 Å². The minimum atomic E-state index is -4.17. The van der Waals surface area contributed by atoms with Gasteiger partial charge < -0.3 is 10.2 Å². The molecule has 4 rings (SSSR count). The predicted molar refractivity (Wildman–Crippen MR) is 181 cm³/mol. The molecule has 4 aromatic carbocycles. The first-order valence-corrected chi connectivity index (χ1v) is 16.8. The third-order valence-electron chi connectivity index (χ3n) is 7.50. The Kier molecular flexibility index (Phi) is 11.4. The number of hydrogen-bond acceptors (Lipinski definition) is 4. The van der Waals surface area contributed by atoms with Crippen LogP contribution in [0.5, 0.6) is 0 Å². The topological polar surface area (TPSA) is 86.8 Å². The molecule has 9 heteroatoms. The van der Waals surface area contributed by atoms with Crippen molar-refractivity contribution in [1.82, 2.24) is 10.2 Å². The first-order chi connectivity index (χ1) is 21.5. The Balaban J connectivity index is 1.83. The van der Waals surface area contributed by atoms with Crippen LogP contribution in [-0.2, 0) is 32.6 Å². The van der Waals surface area contributed by atoms with Gasteiger partial charge in [0.2, 0.25) is 11.8 Å².